The Morgan fingerprint density at radius 3 is 2.91 bits per heavy atom. The molecule has 2 aliphatic rings. The standard InChI is InChI=1S/C14H10N6O2/c1-2-5-22-10-4-3-8(7-15)6-9(10)12-16-13-11(14(21)17-12)18-20-19-13/h3-4,6H,2,5H2,1H3. The van der Waals surface area contributed by atoms with Crippen LogP contribution in [0.25, 0.3) is 0 Å². The van der Waals surface area contributed by atoms with E-state index in [0.29, 0.717) is 23.5 Å². The van der Waals surface area contributed by atoms with Gasteiger partial charge in [0.15, 0.2) is 5.84 Å². The van der Waals surface area contributed by atoms with Crippen molar-refractivity contribution in [2.75, 3.05) is 6.61 Å². The fourth-order valence-corrected chi connectivity index (χ4v) is 1.92. The Balaban J connectivity index is 2.07. The molecule has 0 unspecified atom stereocenters. The second-order valence-corrected chi connectivity index (χ2v) is 4.49. The smallest absolute Gasteiger partial charge is 0.303 e. The first-order valence-corrected chi connectivity index (χ1v) is 6.61. The van der Waals surface area contributed by atoms with Crippen molar-refractivity contribution < 1.29 is 9.53 Å². The van der Waals surface area contributed by atoms with E-state index in [9.17, 15) is 4.79 Å². The first kappa shape index (κ1) is 13.8. The topological polar surface area (TPSA) is 112 Å². The summed E-state index contributed by atoms with van der Waals surface area (Å²) in [6.45, 7) is 2.48. The molecule has 2 aliphatic heterocycles. The zero-order valence-corrected chi connectivity index (χ0v) is 11.6. The van der Waals surface area contributed by atoms with E-state index in [1.165, 1.54) is 0 Å². The molecule has 0 fully saturated rings. The summed E-state index contributed by atoms with van der Waals surface area (Å²) >= 11 is 0. The average Bonchev–Trinajstić information content (AvgIpc) is 3.02. The van der Waals surface area contributed by atoms with Crippen LogP contribution in [-0.2, 0) is 4.79 Å². The number of nitrogens with zero attached hydrogens (tertiary/aromatic N) is 6. The molecule has 108 valence electrons. The number of ether oxygens (including phenoxy) is 1. The predicted octanol–water partition coefficient (Wildman–Crippen LogP) is 1.85. The molecule has 0 aliphatic carbocycles. The lowest BCUT2D eigenvalue weighted by molar-refractivity contribution is -0.111. The van der Waals surface area contributed by atoms with Gasteiger partial charge in [-0.15, -0.1) is 10.2 Å². The van der Waals surface area contributed by atoms with Crippen LogP contribution in [0.4, 0.5) is 0 Å². The van der Waals surface area contributed by atoms with Crippen molar-refractivity contribution in [2.45, 2.75) is 13.3 Å². The van der Waals surface area contributed by atoms with Crippen molar-refractivity contribution in [3.05, 3.63) is 29.3 Å². The Morgan fingerprint density at radius 1 is 1.27 bits per heavy atom. The minimum atomic E-state index is -0.561. The van der Waals surface area contributed by atoms with Crippen LogP contribution in [0.5, 0.6) is 5.75 Å². The van der Waals surface area contributed by atoms with Crippen molar-refractivity contribution in [3.8, 4) is 11.8 Å². The summed E-state index contributed by atoms with van der Waals surface area (Å²) in [5, 5.41) is 19.7. The monoisotopic (exact) mass is 294 g/mol. The molecule has 1 aromatic carbocycles. The van der Waals surface area contributed by atoms with Gasteiger partial charge in [-0.2, -0.15) is 10.3 Å². The van der Waals surface area contributed by atoms with Crippen LogP contribution in [-0.4, -0.2) is 29.9 Å². The fraction of sp³-hybridized carbons (Fsp3) is 0.214. The number of nitriles is 1. The number of carbonyl (C=O) groups excluding carboxylic acids is 1. The van der Waals surface area contributed by atoms with E-state index in [1.807, 2.05) is 13.0 Å². The Hall–Kier alpha value is -3.21. The van der Waals surface area contributed by atoms with Crippen molar-refractivity contribution in [1.29, 1.82) is 5.26 Å². The number of rotatable bonds is 4. The van der Waals surface area contributed by atoms with Gasteiger partial charge in [-0.1, -0.05) is 6.92 Å². The summed E-state index contributed by atoms with van der Waals surface area (Å²) in [4.78, 5) is 20.0. The first-order chi connectivity index (χ1) is 10.7. The molecular formula is C14H10N6O2. The molecule has 0 atom stereocenters. The summed E-state index contributed by atoms with van der Waals surface area (Å²) < 4.78 is 5.63. The van der Waals surface area contributed by atoms with Crippen molar-refractivity contribution in [1.82, 2.24) is 0 Å². The highest BCUT2D eigenvalue weighted by molar-refractivity contribution is 6.69. The maximum absolute atomic E-state index is 11.9. The number of carbonyl (C=O) groups is 1. The van der Waals surface area contributed by atoms with Crippen LogP contribution in [0.1, 0.15) is 24.5 Å². The van der Waals surface area contributed by atoms with Gasteiger partial charge in [0.1, 0.15) is 5.75 Å². The minimum absolute atomic E-state index is 0.0243. The molecule has 1 aromatic rings. The third-order valence-corrected chi connectivity index (χ3v) is 2.93. The average molecular weight is 294 g/mol. The Bertz CT molecular complexity index is 813. The maximum atomic E-state index is 11.9. The first-order valence-electron chi connectivity index (χ1n) is 6.61. The zero-order valence-electron chi connectivity index (χ0n) is 11.6. The molecule has 0 spiro atoms. The van der Waals surface area contributed by atoms with E-state index >= 15 is 0 Å². The lowest BCUT2D eigenvalue weighted by Gasteiger charge is -2.12. The Labute approximate surface area is 125 Å². The van der Waals surface area contributed by atoms with Crippen molar-refractivity contribution >= 4 is 23.3 Å². The Kier molecular flexibility index (Phi) is 3.53. The second kappa shape index (κ2) is 5.65. The Morgan fingerprint density at radius 2 is 2.14 bits per heavy atom. The van der Waals surface area contributed by atoms with Crippen LogP contribution in [0, 0.1) is 11.3 Å². The van der Waals surface area contributed by atoms with Gasteiger partial charge in [-0.3, -0.25) is 4.79 Å². The highest BCUT2D eigenvalue weighted by atomic mass is 16.5. The zero-order chi connectivity index (χ0) is 15.5. The molecule has 0 N–H and O–H groups in total. The third-order valence-electron chi connectivity index (χ3n) is 2.93. The normalized spacial score (nSPS) is 15.6. The van der Waals surface area contributed by atoms with Crippen LogP contribution in [0.3, 0.4) is 0 Å². The number of amides is 1. The van der Waals surface area contributed by atoms with Gasteiger partial charge in [0.25, 0.3) is 0 Å². The molecule has 0 bridgehead atoms. The van der Waals surface area contributed by atoms with Crippen LogP contribution < -0.4 is 4.74 Å². The van der Waals surface area contributed by atoms with E-state index in [2.05, 4.69) is 25.4 Å². The highest BCUT2D eigenvalue weighted by Gasteiger charge is 2.29. The number of benzene rings is 1. The van der Waals surface area contributed by atoms with Crippen molar-refractivity contribution in [3.63, 3.8) is 0 Å². The molecule has 1 amide bonds. The maximum Gasteiger partial charge on any atom is 0.303 e. The summed E-state index contributed by atoms with van der Waals surface area (Å²) in [6, 6.07) is 6.91. The van der Waals surface area contributed by atoms with Crippen LogP contribution >= 0.6 is 0 Å². The van der Waals surface area contributed by atoms with E-state index in [-0.39, 0.29) is 17.4 Å². The molecule has 22 heavy (non-hydrogen) atoms. The summed E-state index contributed by atoms with van der Waals surface area (Å²) in [5.41, 5.74) is 0.910. The van der Waals surface area contributed by atoms with Gasteiger partial charge < -0.3 is 4.74 Å². The minimum Gasteiger partial charge on any atom is -0.493 e. The van der Waals surface area contributed by atoms with Gasteiger partial charge in [0.05, 0.1) is 23.8 Å². The molecule has 0 saturated carbocycles. The van der Waals surface area contributed by atoms with Gasteiger partial charge in [-0.05, 0) is 29.8 Å². The molecule has 8 nitrogen and oxygen atoms in total. The van der Waals surface area contributed by atoms with Crippen molar-refractivity contribution in [2.24, 2.45) is 25.4 Å². The molecule has 0 aromatic heterocycles. The third kappa shape index (κ3) is 2.40. The lowest BCUT2D eigenvalue weighted by atomic mass is 10.1. The van der Waals surface area contributed by atoms with Gasteiger partial charge in [0.2, 0.25) is 11.5 Å². The van der Waals surface area contributed by atoms with E-state index in [4.69, 9.17) is 10.00 Å². The van der Waals surface area contributed by atoms with Crippen LogP contribution in [0.2, 0.25) is 0 Å². The summed E-state index contributed by atoms with van der Waals surface area (Å²) in [7, 11) is 0. The fourth-order valence-electron chi connectivity index (χ4n) is 1.92. The molecule has 0 saturated heterocycles. The molecular weight excluding hydrogens is 284 g/mol. The van der Waals surface area contributed by atoms with Gasteiger partial charge >= 0.3 is 5.91 Å². The quantitative estimate of drug-likeness (QED) is 0.844. The lowest BCUT2D eigenvalue weighted by Crippen LogP contribution is -2.26. The molecule has 8 heteroatoms. The SMILES string of the molecule is CCCOc1ccc(C#N)cc1C1=NC(=O)C2=NN=NC2=N1. The van der Waals surface area contributed by atoms with E-state index in [0.717, 1.165) is 6.42 Å². The van der Waals surface area contributed by atoms with Gasteiger partial charge in [0, 0.05) is 0 Å². The molecule has 2 heterocycles. The number of fused-ring (bicyclic) bond motifs is 1. The number of hydrogen-bond acceptors (Lipinski definition) is 7. The summed E-state index contributed by atoms with van der Waals surface area (Å²) in [6.07, 6.45) is 0.824. The van der Waals surface area contributed by atoms with E-state index in [1.54, 1.807) is 18.2 Å². The number of amidine groups is 2. The van der Waals surface area contributed by atoms with Crippen LogP contribution in [0.15, 0.2) is 43.6 Å². The largest absolute Gasteiger partial charge is 0.493 e. The van der Waals surface area contributed by atoms with Gasteiger partial charge in [-0.25, -0.2) is 4.99 Å². The van der Waals surface area contributed by atoms with E-state index < -0.39 is 5.91 Å². The second-order valence-electron chi connectivity index (χ2n) is 4.49. The molecule has 0 radical (unpaired) electrons. The predicted molar refractivity (Wildman–Crippen MR) is 78.2 cm³/mol. The number of aliphatic imine (C=N–C) groups is 2. The molecule has 3 rings (SSSR count). The highest BCUT2D eigenvalue weighted by Crippen LogP contribution is 2.24. The summed E-state index contributed by atoms with van der Waals surface area (Å²) in [5.74, 6) is 0.211. The number of hydrogen-bond donors (Lipinski definition) is 0.